The third-order valence-electron chi connectivity index (χ3n) is 4.94. The summed E-state index contributed by atoms with van der Waals surface area (Å²) in [5, 5.41) is 10.7. The van der Waals surface area contributed by atoms with Gasteiger partial charge in [-0.1, -0.05) is 6.07 Å². The largest absolute Gasteiger partial charge is 0.494 e. The average Bonchev–Trinajstić information content (AvgIpc) is 3.46. The molecule has 0 bridgehead atoms. The monoisotopic (exact) mass is 484 g/mol. The van der Waals surface area contributed by atoms with Crippen LogP contribution < -0.4 is 9.47 Å². The van der Waals surface area contributed by atoms with E-state index in [1.165, 1.54) is 37.7 Å². The first-order valence-electron chi connectivity index (χ1n) is 9.61. The van der Waals surface area contributed by atoms with Crippen LogP contribution in [-0.2, 0) is 11.2 Å². The predicted octanol–water partition coefficient (Wildman–Crippen LogP) is 4.87. The molecule has 4 rings (SSSR count). The summed E-state index contributed by atoms with van der Waals surface area (Å²) in [6.07, 6.45) is 0.0233. The number of benzene rings is 2. The molecule has 10 heteroatoms. The van der Waals surface area contributed by atoms with Crippen molar-refractivity contribution in [1.82, 2.24) is 8.75 Å². The van der Waals surface area contributed by atoms with E-state index >= 15 is 0 Å². The fraction of sp³-hybridized carbons (Fsp3) is 0.130. The number of carbonyl (C=O) groups excluding carboxylic acids is 1. The Balaban J connectivity index is 1.89. The van der Waals surface area contributed by atoms with E-state index in [-0.39, 0.29) is 28.9 Å². The zero-order chi connectivity index (χ0) is 23.5. The number of halogens is 1. The molecular weight excluding hydrogens is 467 g/mol. The van der Waals surface area contributed by atoms with Crippen molar-refractivity contribution in [1.29, 1.82) is 0 Å². The van der Waals surface area contributed by atoms with Crippen LogP contribution in [0.2, 0.25) is 0 Å². The first-order chi connectivity index (χ1) is 15.9. The third kappa shape index (κ3) is 4.62. The highest BCUT2D eigenvalue weighted by Gasteiger charge is 2.25. The highest BCUT2D eigenvalue weighted by molar-refractivity contribution is 7.13. The average molecular weight is 485 g/mol. The molecule has 168 valence electrons. The number of hydrogen-bond acceptors (Lipinski definition) is 8. The minimum absolute atomic E-state index is 0.0131. The number of methoxy groups -OCH3 is 2. The molecule has 0 aliphatic rings. The zero-order valence-electron chi connectivity index (χ0n) is 17.5. The van der Waals surface area contributed by atoms with Crippen LogP contribution in [0.5, 0.6) is 10.8 Å². The number of nitrogens with zero attached hydrogens (tertiary/aromatic N) is 2. The number of ketones is 1. The summed E-state index contributed by atoms with van der Waals surface area (Å²) in [7, 11) is 2.85. The molecular formula is C23H17FN2O5S2. The smallest absolute Gasteiger partial charge is 0.336 e. The molecule has 0 unspecified atom stereocenters. The van der Waals surface area contributed by atoms with E-state index in [1.54, 1.807) is 30.3 Å². The van der Waals surface area contributed by atoms with Crippen molar-refractivity contribution in [3.63, 3.8) is 0 Å². The number of ether oxygens (including phenoxy) is 2. The Morgan fingerprint density at radius 2 is 1.73 bits per heavy atom. The third-order valence-corrected chi connectivity index (χ3v) is 6.54. The van der Waals surface area contributed by atoms with E-state index in [1.807, 2.05) is 0 Å². The summed E-state index contributed by atoms with van der Waals surface area (Å²) in [6.45, 7) is 0. The molecule has 0 amide bonds. The van der Waals surface area contributed by atoms with Gasteiger partial charge in [-0.25, -0.2) is 9.18 Å². The number of fused-ring (bicyclic) bond motifs is 1. The Morgan fingerprint density at radius 3 is 2.39 bits per heavy atom. The lowest BCUT2D eigenvalue weighted by Crippen LogP contribution is -2.14. The van der Waals surface area contributed by atoms with E-state index in [0.717, 1.165) is 22.7 Å². The van der Waals surface area contributed by atoms with Gasteiger partial charge in [0, 0.05) is 22.4 Å². The molecule has 7 nitrogen and oxygen atoms in total. The van der Waals surface area contributed by atoms with Crippen LogP contribution in [0.4, 0.5) is 4.39 Å². The van der Waals surface area contributed by atoms with Gasteiger partial charge in [0.25, 0.3) is 0 Å². The maximum atomic E-state index is 14.3. The van der Waals surface area contributed by atoms with Crippen molar-refractivity contribution in [3.8, 4) is 10.8 Å². The number of thiophene rings is 1. The number of allylic oxidation sites excluding steroid dienone is 1. The molecule has 0 radical (unpaired) electrons. The van der Waals surface area contributed by atoms with Crippen molar-refractivity contribution in [3.05, 3.63) is 75.9 Å². The minimum atomic E-state index is -1.28. The first-order valence-corrected chi connectivity index (χ1v) is 11.2. The molecule has 2 aromatic carbocycles. The van der Waals surface area contributed by atoms with Crippen LogP contribution >= 0.6 is 23.1 Å². The molecule has 0 aliphatic heterocycles. The van der Waals surface area contributed by atoms with E-state index < -0.39 is 17.6 Å². The number of rotatable bonds is 8. The highest BCUT2D eigenvalue weighted by atomic mass is 32.1. The van der Waals surface area contributed by atoms with E-state index in [0.29, 0.717) is 21.7 Å². The van der Waals surface area contributed by atoms with Crippen LogP contribution in [0.3, 0.4) is 0 Å². The second-order valence-electron chi connectivity index (χ2n) is 6.91. The van der Waals surface area contributed by atoms with Crippen molar-refractivity contribution in [2.24, 2.45) is 0 Å². The lowest BCUT2D eigenvalue weighted by atomic mass is 9.91. The normalized spacial score (nSPS) is 11.8. The van der Waals surface area contributed by atoms with Crippen molar-refractivity contribution in [2.75, 3.05) is 14.2 Å². The van der Waals surface area contributed by atoms with Crippen LogP contribution in [0.25, 0.3) is 16.6 Å². The number of carbonyl (C=O) groups is 2. The van der Waals surface area contributed by atoms with E-state index in [9.17, 15) is 19.1 Å². The van der Waals surface area contributed by atoms with Crippen molar-refractivity contribution in [2.45, 2.75) is 6.42 Å². The molecule has 1 N–H and O–H groups in total. The molecule has 2 heterocycles. The van der Waals surface area contributed by atoms with Gasteiger partial charge in [-0.05, 0) is 48.0 Å². The van der Waals surface area contributed by atoms with Gasteiger partial charge in [0.1, 0.15) is 11.0 Å². The summed E-state index contributed by atoms with van der Waals surface area (Å²) < 4.78 is 32.8. The molecule has 4 aromatic rings. The standard InChI is InChI=1S/C23H17FN2O5S2/c1-30-19-7-4-13(9-16(19)24)22(27)15(11-14-5-8-20(31-2)32-14)21(23(28)29)12-3-6-17-18(10-12)26-33-25-17/h3-10H,11H2,1-2H3,(H,28,29). The fourth-order valence-corrected chi connectivity index (χ4v) is 4.71. The van der Waals surface area contributed by atoms with Gasteiger partial charge >= 0.3 is 5.97 Å². The number of hydrogen-bond donors (Lipinski definition) is 1. The van der Waals surface area contributed by atoms with Gasteiger partial charge in [-0.3, -0.25) is 4.79 Å². The van der Waals surface area contributed by atoms with Gasteiger partial charge in [0.15, 0.2) is 22.4 Å². The van der Waals surface area contributed by atoms with Gasteiger partial charge in [0.2, 0.25) is 0 Å². The fourth-order valence-electron chi connectivity index (χ4n) is 3.37. The molecule has 0 aliphatic carbocycles. The van der Waals surface area contributed by atoms with Gasteiger partial charge in [0.05, 0.1) is 31.5 Å². The quantitative estimate of drug-likeness (QED) is 0.281. The number of aromatic nitrogens is 2. The second kappa shape index (κ2) is 9.47. The van der Waals surface area contributed by atoms with Crippen molar-refractivity contribution >= 4 is 51.4 Å². The topological polar surface area (TPSA) is 98.6 Å². The highest BCUT2D eigenvalue weighted by Crippen LogP contribution is 2.32. The summed E-state index contributed by atoms with van der Waals surface area (Å²) in [4.78, 5) is 26.7. The molecule has 0 saturated carbocycles. The van der Waals surface area contributed by atoms with Crippen LogP contribution in [-0.4, -0.2) is 39.8 Å². The first kappa shape index (κ1) is 22.6. The van der Waals surface area contributed by atoms with Crippen LogP contribution in [0.15, 0.2) is 54.1 Å². The Morgan fingerprint density at radius 1 is 0.970 bits per heavy atom. The predicted molar refractivity (Wildman–Crippen MR) is 124 cm³/mol. The summed E-state index contributed by atoms with van der Waals surface area (Å²) in [6, 6.07) is 12.1. The number of carboxylic acids is 1. The van der Waals surface area contributed by atoms with Gasteiger partial charge < -0.3 is 14.6 Å². The van der Waals surface area contributed by atoms with Crippen LogP contribution in [0.1, 0.15) is 20.8 Å². The Bertz CT molecular complexity index is 1390. The molecule has 33 heavy (non-hydrogen) atoms. The van der Waals surface area contributed by atoms with Crippen LogP contribution in [0, 0.1) is 5.82 Å². The maximum Gasteiger partial charge on any atom is 0.336 e. The molecule has 0 spiro atoms. The second-order valence-corrected chi connectivity index (χ2v) is 8.57. The maximum absolute atomic E-state index is 14.3. The molecule has 0 saturated heterocycles. The summed E-state index contributed by atoms with van der Waals surface area (Å²) in [5.41, 5.74) is 1.31. The van der Waals surface area contributed by atoms with E-state index in [4.69, 9.17) is 9.47 Å². The Labute approximate surface area is 196 Å². The van der Waals surface area contributed by atoms with Gasteiger partial charge in [-0.2, -0.15) is 8.75 Å². The van der Waals surface area contributed by atoms with Gasteiger partial charge in [-0.15, -0.1) is 11.3 Å². The Hall–Kier alpha value is -3.63. The Kier molecular flexibility index (Phi) is 6.47. The molecule has 0 atom stereocenters. The number of aliphatic carboxylic acids is 1. The number of carboxylic acid groups (broad SMARTS) is 1. The SMILES string of the molecule is COc1ccc(CC(C(=O)c2ccc(OC)c(F)c2)=C(C(=O)O)c2ccc3nsnc3c2)s1. The lowest BCUT2D eigenvalue weighted by Gasteiger charge is -2.13. The summed E-state index contributed by atoms with van der Waals surface area (Å²) in [5.74, 6) is -2.61. The molecule has 2 aromatic heterocycles. The minimum Gasteiger partial charge on any atom is -0.494 e. The lowest BCUT2D eigenvalue weighted by molar-refractivity contribution is -0.130. The number of Topliss-reactive ketones (excluding diaryl/α,β-unsaturated/α-hetero) is 1. The molecule has 0 fully saturated rings. The summed E-state index contributed by atoms with van der Waals surface area (Å²) >= 11 is 2.30. The van der Waals surface area contributed by atoms with Crippen molar-refractivity contribution < 1.29 is 28.6 Å². The van der Waals surface area contributed by atoms with E-state index in [2.05, 4.69) is 8.75 Å². The zero-order valence-corrected chi connectivity index (χ0v) is 19.1.